The zero-order valence-corrected chi connectivity index (χ0v) is 13.5. The molecule has 4 rings (SSSR count). The minimum atomic E-state index is -0.329. The number of hydrogen-bond donors (Lipinski definition) is 0. The van der Waals surface area contributed by atoms with Crippen LogP contribution in [-0.2, 0) is 0 Å². The number of furan rings is 1. The van der Waals surface area contributed by atoms with Crippen LogP contribution in [0, 0.1) is 17.7 Å². The molecule has 0 N–H and O–H groups in total. The first-order valence-electron chi connectivity index (χ1n) is 7.10. The highest BCUT2D eigenvalue weighted by molar-refractivity contribution is 9.10. The maximum atomic E-state index is 13.8. The smallest absolute Gasteiger partial charge is 0.138 e. The highest BCUT2D eigenvalue weighted by Gasteiger charge is 2.09. The SMILES string of the molecule is Fc1ccc(Br)cc1C#Cc1cccc2oc3ccccc3c12. The Morgan fingerprint density at radius 2 is 1.61 bits per heavy atom. The summed E-state index contributed by atoms with van der Waals surface area (Å²) in [5.74, 6) is 5.67. The second kappa shape index (κ2) is 5.57. The Hall–Kier alpha value is -2.57. The number of benzene rings is 3. The Morgan fingerprint density at radius 3 is 2.52 bits per heavy atom. The second-order valence-corrected chi connectivity index (χ2v) is 6.07. The van der Waals surface area contributed by atoms with Crippen LogP contribution in [0.1, 0.15) is 11.1 Å². The van der Waals surface area contributed by atoms with Crippen LogP contribution >= 0.6 is 15.9 Å². The molecule has 110 valence electrons. The summed E-state index contributed by atoms with van der Waals surface area (Å²) in [6, 6.07) is 18.3. The molecule has 0 aliphatic carbocycles. The standard InChI is InChI=1S/C20H10BrFO/c21-15-10-11-17(22)14(12-15)9-8-13-4-3-7-19-20(13)16-5-1-2-6-18(16)23-19/h1-7,10-12H. The Balaban J connectivity index is 1.93. The van der Waals surface area contributed by atoms with Crippen LogP contribution in [0.5, 0.6) is 0 Å². The normalized spacial score (nSPS) is 10.7. The fourth-order valence-corrected chi connectivity index (χ4v) is 2.97. The molecule has 1 nitrogen and oxygen atoms in total. The summed E-state index contributed by atoms with van der Waals surface area (Å²) in [4.78, 5) is 0. The molecule has 0 spiro atoms. The first-order chi connectivity index (χ1) is 11.2. The lowest BCUT2D eigenvalue weighted by molar-refractivity contribution is 0.624. The van der Waals surface area contributed by atoms with E-state index >= 15 is 0 Å². The maximum Gasteiger partial charge on any atom is 0.138 e. The molecule has 3 aromatic carbocycles. The van der Waals surface area contributed by atoms with Gasteiger partial charge in [-0.2, -0.15) is 0 Å². The molecule has 0 unspecified atom stereocenters. The Kier molecular flexibility index (Phi) is 3.40. The van der Waals surface area contributed by atoms with Crippen LogP contribution in [0.4, 0.5) is 4.39 Å². The van der Waals surface area contributed by atoms with Crippen LogP contribution in [-0.4, -0.2) is 0 Å². The number of rotatable bonds is 0. The quantitative estimate of drug-likeness (QED) is 0.354. The third kappa shape index (κ3) is 2.52. The molecule has 23 heavy (non-hydrogen) atoms. The molecule has 1 aromatic heterocycles. The van der Waals surface area contributed by atoms with E-state index in [-0.39, 0.29) is 5.82 Å². The van der Waals surface area contributed by atoms with Crippen molar-refractivity contribution < 1.29 is 8.81 Å². The molecule has 0 aliphatic rings. The van der Waals surface area contributed by atoms with Crippen molar-refractivity contribution in [3.8, 4) is 11.8 Å². The predicted molar refractivity (Wildman–Crippen MR) is 93.8 cm³/mol. The molecule has 0 fully saturated rings. The van der Waals surface area contributed by atoms with E-state index in [1.165, 1.54) is 6.07 Å². The van der Waals surface area contributed by atoms with Crippen molar-refractivity contribution in [2.75, 3.05) is 0 Å². The zero-order chi connectivity index (χ0) is 15.8. The van der Waals surface area contributed by atoms with Gasteiger partial charge in [-0.3, -0.25) is 0 Å². The van der Waals surface area contributed by atoms with Crippen molar-refractivity contribution in [3.05, 3.63) is 82.1 Å². The van der Waals surface area contributed by atoms with Crippen molar-refractivity contribution >= 4 is 37.9 Å². The van der Waals surface area contributed by atoms with Crippen molar-refractivity contribution in [2.24, 2.45) is 0 Å². The third-order valence-electron chi connectivity index (χ3n) is 3.66. The Bertz CT molecular complexity index is 1100. The summed E-state index contributed by atoms with van der Waals surface area (Å²) < 4.78 is 20.5. The molecule has 0 aliphatic heterocycles. The zero-order valence-electron chi connectivity index (χ0n) is 11.9. The van der Waals surface area contributed by atoms with Gasteiger partial charge in [0.05, 0.1) is 5.56 Å². The fraction of sp³-hybridized carbons (Fsp3) is 0. The molecule has 0 saturated carbocycles. The van der Waals surface area contributed by atoms with Gasteiger partial charge in [0.2, 0.25) is 0 Å². The number of para-hydroxylation sites is 1. The molecule has 0 atom stereocenters. The van der Waals surface area contributed by atoms with E-state index in [1.54, 1.807) is 12.1 Å². The van der Waals surface area contributed by atoms with Gasteiger partial charge in [0.15, 0.2) is 0 Å². The Morgan fingerprint density at radius 1 is 0.826 bits per heavy atom. The summed E-state index contributed by atoms with van der Waals surface area (Å²) in [5, 5.41) is 1.98. The van der Waals surface area contributed by atoms with Crippen LogP contribution < -0.4 is 0 Å². The van der Waals surface area contributed by atoms with E-state index in [9.17, 15) is 4.39 Å². The van der Waals surface area contributed by atoms with E-state index in [0.717, 1.165) is 32.0 Å². The molecule has 1 heterocycles. The van der Waals surface area contributed by atoms with E-state index in [4.69, 9.17) is 4.42 Å². The first kappa shape index (κ1) is 14.0. The van der Waals surface area contributed by atoms with Gasteiger partial charge < -0.3 is 4.42 Å². The predicted octanol–water partition coefficient (Wildman–Crippen LogP) is 5.89. The summed E-state index contributed by atoms with van der Waals surface area (Å²) in [6.45, 7) is 0. The van der Waals surface area contributed by atoms with Gasteiger partial charge >= 0.3 is 0 Å². The maximum absolute atomic E-state index is 13.8. The van der Waals surface area contributed by atoms with Gasteiger partial charge in [-0.15, -0.1) is 0 Å². The van der Waals surface area contributed by atoms with Gasteiger partial charge in [0.1, 0.15) is 17.0 Å². The van der Waals surface area contributed by atoms with Crippen LogP contribution in [0.25, 0.3) is 21.9 Å². The highest BCUT2D eigenvalue weighted by atomic mass is 79.9. The molecule has 0 radical (unpaired) electrons. The average molecular weight is 365 g/mol. The summed E-state index contributed by atoms with van der Waals surface area (Å²) >= 11 is 3.34. The van der Waals surface area contributed by atoms with E-state index < -0.39 is 0 Å². The minimum Gasteiger partial charge on any atom is -0.456 e. The van der Waals surface area contributed by atoms with Gasteiger partial charge in [-0.25, -0.2) is 4.39 Å². The summed E-state index contributed by atoms with van der Waals surface area (Å²) in [5.41, 5.74) is 2.80. The van der Waals surface area contributed by atoms with Crippen LogP contribution in [0.3, 0.4) is 0 Å². The number of halogens is 2. The van der Waals surface area contributed by atoms with Crippen LogP contribution in [0.2, 0.25) is 0 Å². The fourth-order valence-electron chi connectivity index (χ4n) is 2.61. The van der Waals surface area contributed by atoms with E-state index in [0.29, 0.717) is 5.56 Å². The molecular formula is C20H10BrFO. The third-order valence-corrected chi connectivity index (χ3v) is 4.16. The lowest BCUT2D eigenvalue weighted by atomic mass is 10.1. The molecule has 0 bridgehead atoms. The van der Waals surface area contributed by atoms with E-state index in [1.807, 2.05) is 42.5 Å². The van der Waals surface area contributed by atoms with Crippen LogP contribution in [0.15, 0.2) is 69.6 Å². The van der Waals surface area contributed by atoms with Gasteiger partial charge in [-0.05, 0) is 36.4 Å². The summed E-state index contributed by atoms with van der Waals surface area (Å²) in [6.07, 6.45) is 0. The largest absolute Gasteiger partial charge is 0.456 e. The number of fused-ring (bicyclic) bond motifs is 3. The van der Waals surface area contributed by atoms with Gasteiger partial charge in [0.25, 0.3) is 0 Å². The lowest BCUT2D eigenvalue weighted by Crippen LogP contribution is -1.83. The van der Waals surface area contributed by atoms with Gasteiger partial charge in [0, 0.05) is 20.8 Å². The van der Waals surface area contributed by atoms with E-state index in [2.05, 4.69) is 27.8 Å². The molecule has 4 aromatic rings. The minimum absolute atomic E-state index is 0.329. The molecule has 0 amide bonds. The average Bonchev–Trinajstić information content (AvgIpc) is 2.95. The first-order valence-corrected chi connectivity index (χ1v) is 7.89. The highest BCUT2D eigenvalue weighted by Crippen LogP contribution is 2.30. The topological polar surface area (TPSA) is 13.1 Å². The second-order valence-electron chi connectivity index (χ2n) is 5.15. The lowest BCUT2D eigenvalue weighted by Gasteiger charge is -1.96. The molecule has 3 heteroatoms. The molecule has 0 saturated heterocycles. The van der Waals surface area contributed by atoms with Crippen molar-refractivity contribution in [2.45, 2.75) is 0 Å². The number of hydrogen-bond acceptors (Lipinski definition) is 1. The van der Waals surface area contributed by atoms with Crippen molar-refractivity contribution in [3.63, 3.8) is 0 Å². The monoisotopic (exact) mass is 364 g/mol. The van der Waals surface area contributed by atoms with Gasteiger partial charge in [-0.1, -0.05) is 52.0 Å². The van der Waals surface area contributed by atoms with Crippen molar-refractivity contribution in [1.29, 1.82) is 0 Å². The Labute approximate surface area is 140 Å². The molecular weight excluding hydrogens is 355 g/mol. The van der Waals surface area contributed by atoms with Crippen molar-refractivity contribution in [1.82, 2.24) is 0 Å². The summed E-state index contributed by atoms with van der Waals surface area (Å²) in [7, 11) is 0.